The second-order valence-corrected chi connectivity index (χ2v) is 3.49. The van der Waals surface area contributed by atoms with Crippen molar-refractivity contribution in [3.8, 4) is 0 Å². The van der Waals surface area contributed by atoms with Crippen LogP contribution < -0.4 is 5.73 Å². The van der Waals surface area contributed by atoms with Gasteiger partial charge in [0.15, 0.2) is 0 Å². The second kappa shape index (κ2) is 6.00. The topological polar surface area (TPSA) is 59.1 Å². The molecule has 0 saturated heterocycles. The first-order valence-electron chi connectivity index (χ1n) is 4.50. The van der Waals surface area contributed by atoms with Crippen LogP contribution in [0.2, 0.25) is 0 Å². The largest absolute Gasteiger partial charge is 0.388 e. The van der Waals surface area contributed by atoms with Crippen LogP contribution in [0, 0.1) is 11.3 Å². The highest BCUT2D eigenvalue weighted by molar-refractivity contribution is 5.77. The molecule has 0 aliphatic carbocycles. The minimum absolute atomic E-state index is 0.130. The molecule has 0 amide bonds. The Morgan fingerprint density at radius 1 is 1.50 bits per heavy atom. The third kappa shape index (κ3) is 6.16. The van der Waals surface area contributed by atoms with E-state index in [4.69, 9.17) is 15.9 Å². The van der Waals surface area contributed by atoms with Gasteiger partial charge in [-0.25, -0.2) is 0 Å². The molecule has 1 atom stereocenters. The number of nitrogens with two attached hydrogens (primary N) is 1. The number of ether oxygens (including phenoxy) is 1. The van der Waals surface area contributed by atoms with Crippen molar-refractivity contribution in [2.75, 3.05) is 6.61 Å². The van der Waals surface area contributed by atoms with Crippen molar-refractivity contribution in [2.24, 2.45) is 11.7 Å². The standard InChI is InChI=1S/C9H20N2O/c1-4-8(5-9(10)11)12-6-7(2)3/h7-8H,4-6H2,1-3H3,(H3,10,11). The van der Waals surface area contributed by atoms with Crippen LogP contribution in [0.1, 0.15) is 33.6 Å². The molecule has 72 valence electrons. The van der Waals surface area contributed by atoms with Crippen molar-refractivity contribution < 1.29 is 4.74 Å². The number of nitrogens with one attached hydrogen (secondary N) is 1. The van der Waals surface area contributed by atoms with Crippen LogP contribution in [-0.2, 0) is 4.74 Å². The Kier molecular flexibility index (Phi) is 5.72. The Morgan fingerprint density at radius 3 is 2.42 bits per heavy atom. The second-order valence-electron chi connectivity index (χ2n) is 3.49. The highest BCUT2D eigenvalue weighted by Crippen LogP contribution is 2.05. The molecule has 0 aromatic carbocycles. The van der Waals surface area contributed by atoms with E-state index < -0.39 is 0 Å². The molecular formula is C9H20N2O. The first kappa shape index (κ1) is 11.4. The third-order valence-corrected chi connectivity index (χ3v) is 1.57. The summed E-state index contributed by atoms with van der Waals surface area (Å²) in [5.41, 5.74) is 5.28. The molecule has 3 N–H and O–H groups in total. The Hall–Kier alpha value is -0.570. The molecule has 3 nitrogen and oxygen atoms in total. The van der Waals surface area contributed by atoms with Crippen molar-refractivity contribution in [1.29, 1.82) is 5.41 Å². The van der Waals surface area contributed by atoms with Crippen LogP contribution in [0.4, 0.5) is 0 Å². The Balaban J connectivity index is 3.60. The van der Waals surface area contributed by atoms with Crippen molar-refractivity contribution in [1.82, 2.24) is 0 Å². The predicted octanol–water partition coefficient (Wildman–Crippen LogP) is 1.76. The van der Waals surface area contributed by atoms with Gasteiger partial charge in [0, 0.05) is 13.0 Å². The lowest BCUT2D eigenvalue weighted by molar-refractivity contribution is 0.0380. The fourth-order valence-electron chi connectivity index (χ4n) is 0.895. The van der Waals surface area contributed by atoms with Crippen LogP contribution in [-0.4, -0.2) is 18.5 Å². The van der Waals surface area contributed by atoms with Gasteiger partial charge in [0.05, 0.1) is 11.9 Å². The minimum atomic E-state index is 0.130. The minimum Gasteiger partial charge on any atom is -0.388 e. The predicted molar refractivity (Wildman–Crippen MR) is 51.4 cm³/mol. The van der Waals surface area contributed by atoms with E-state index in [1.54, 1.807) is 0 Å². The van der Waals surface area contributed by atoms with E-state index in [0.29, 0.717) is 12.3 Å². The summed E-state index contributed by atoms with van der Waals surface area (Å²) in [7, 11) is 0. The average molecular weight is 172 g/mol. The molecular weight excluding hydrogens is 152 g/mol. The molecule has 1 unspecified atom stereocenters. The van der Waals surface area contributed by atoms with Crippen LogP contribution in [0.15, 0.2) is 0 Å². The first-order chi connectivity index (χ1) is 5.56. The highest BCUT2D eigenvalue weighted by Gasteiger charge is 2.08. The van der Waals surface area contributed by atoms with Crippen LogP contribution in [0.3, 0.4) is 0 Å². The van der Waals surface area contributed by atoms with E-state index in [0.717, 1.165) is 13.0 Å². The lowest BCUT2D eigenvalue weighted by Gasteiger charge is -2.16. The van der Waals surface area contributed by atoms with Gasteiger partial charge in [-0.1, -0.05) is 20.8 Å². The van der Waals surface area contributed by atoms with Gasteiger partial charge >= 0.3 is 0 Å². The van der Waals surface area contributed by atoms with E-state index in [1.807, 2.05) is 6.92 Å². The quantitative estimate of drug-likeness (QED) is 0.474. The third-order valence-electron chi connectivity index (χ3n) is 1.57. The molecule has 0 bridgehead atoms. The molecule has 3 heteroatoms. The molecule has 0 radical (unpaired) electrons. The van der Waals surface area contributed by atoms with E-state index in [2.05, 4.69) is 13.8 Å². The Bertz CT molecular complexity index is 134. The lowest BCUT2D eigenvalue weighted by Crippen LogP contribution is -2.23. The number of rotatable bonds is 6. The van der Waals surface area contributed by atoms with Crippen LogP contribution in [0.5, 0.6) is 0 Å². The molecule has 0 aliphatic rings. The lowest BCUT2D eigenvalue weighted by atomic mass is 10.2. The van der Waals surface area contributed by atoms with Gasteiger partial charge in [0.25, 0.3) is 0 Å². The van der Waals surface area contributed by atoms with Gasteiger partial charge in [0.1, 0.15) is 0 Å². The zero-order valence-corrected chi connectivity index (χ0v) is 8.26. The summed E-state index contributed by atoms with van der Waals surface area (Å²) in [5.74, 6) is 0.761. The normalized spacial score (nSPS) is 13.3. The molecule has 0 saturated carbocycles. The highest BCUT2D eigenvalue weighted by atomic mass is 16.5. The molecule has 12 heavy (non-hydrogen) atoms. The van der Waals surface area contributed by atoms with Gasteiger partial charge < -0.3 is 10.5 Å². The summed E-state index contributed by atoms with van der Waals surface area (Å²) in [6.07, 6.45) is 1.61. The number of amidine groups is 1. The summed E-state index contributed by atoms with van der Waals surface area (Å²) in [5, 5.41) is 7.11. The molecule has 0 aliphatic heterocycles. The SMILES string of the molecule is CCC(CC(=N)N)OCC(C)C. The maximum atomic E-state index is 7.11. The summed E-state index contributed by atoms with van der Waals surface area (Å²) >= 11 is 0. The van der Waals surface area contributed by atoms with Crippen molar-refractivity contribution in [3.05, 3.63) is 0 Å². The fourth-order valence-corrected chi connectivity index (χ4v) is 0.895. The molecule has 0 fully saturated rings. The van der Waals surface area contributed by atoms with Gasteiger partial charge in [0.2, 0.25) is 0 Å². The molecule has 0 heterocycles. The summed E-state index contributed by atoms with van der Waals surface area (Å²) in [6, 6.07) is 0. The zero-order valence-electron chi connectivity index (χ0n) is 8.26. The number of hydrogen-bond acceptors (Lipinski definition) is 2. The summed E-state index contributed by atoms with van der Waals surface area (Å²) < 4.78 is 5.54. The van der Waals surface area contributed by atoms with E-state index >= 15 is 0 Å². The maximum absolute atomic E-state index is 7.11. The molecule has 0 aromatic rings. The van der Waals surface area contributed by atoms with Gasteiger partial charge in [-0.05, 0) is 12.3 Å². The summed E-state index contributed by atoms with van der Waals surface area (Å²) in [4.78, 5) is 0. The molecule has 0 spiro atoms. The van der Waals surface area contributed by atoms with Crippen molar-refractivity contribution in [2.45, 2.75) is 39.7 Å². The van der Waals surface area contributed by atoms with E-state index in [9.17, 15) is 0 Å². The van der Waals surface area contributed by atoms with Gasteiger partial charge in [-0.2, -0.15) is 0 Å². The van der Waals surface area contributed by atoms with Crippen LogP contribution >= 0.6 is 0 Å². The summed E-state index contributed by atoms with van der Waals surface area (Å²) in [6.45, 7) is 7.03. The first-order valence-corrected chi connectivity index (χ1v) is 4.50. The fraction of sp³-hybridized carbons (Fsp3) is 0.889. The Morgan fingerprint density at radius 2 is 2.08 bits per heavy atom. The Labute approximate surface area is 74.8 Å². The van der Waals surface area contributed by atoms with Crippen molar-refractivity contribution in [3.63, 3.8) is 0 Å². The average Bonchev–Trinajstić information content (AvgIpc) is 1.97. The van der Waals surface area contributed by atoms with Gasteiger partial charge in [-0.3, -0.25) is 5.41 Å². The van der Waals surface area contributed by atoms with E-state index in [1.165, 1.54) is 0 Å². The zero-order chi connectivity index (χ0) is 9.56. The smallest absolute Gasteiger partial charge is 0.0931 e. The molecule has 0 aromatic heterocycles. The maximum Gasteiger partial charge on any atom is 0.0931 e. The van der Waals surface area contributed by atoms with Crippen molar-refractivity contribution >= 4 is 5.84 Å². The van der Waals surface area contributed by atoms with Crippen LogP contribution in [0.25, 0.3) is 0 Å². The monoisotopic (exact) mass is 172 g/mol. The molecule has 0 rings (SSSR count). The number of hydrogen-bond donors (Lipinski definition) is 2. The van der Waals surface area contributed by atoms with E-state index in [-0.39, 0.29) is 11.9 Å². The van der Waals surface area contributed by atoms with Gasteiger partial charge in [-0.15, -0.1) is 0 Å².